The highest BCUT2D eigenvalue weighted by Crippen LogP contribution is 2.36. The summed E-state index contributed by atoms with van der Waals surface area (Å²) in [4.78, 5) is 12.2. The normalized spacial score (nSPS) is 17.3. The number of hydrogen-bond acceptors (Lipinski definition) is 3. The number of carbonyl (C=O) groups is 1. The van der Waals surface area contributed by atoms with Gasteiger partial charge in [0.25, 0.3) is 5.91 Å². The lowest BCUT2D eigenvalue weighted by atomic mass is 10.0. The van der Waals surface area contributed by atoms with E-state index < -0.39 is 0 Å². The molecule has 0 aliphatic carbocycles. The monoisotopic (exact) mass is 313 g/mol. The van der Waals surface area contributed by atoms with Crippen molar-refractivity contribution in [3.63, 3.8) is 0 Å². The third-order valence-electron chi connectivity index (χ3n) is 3.64. The number of rotatable bonds is 1. The SMILES string of the molecule is O=C1Nc2ccc(Cl)cc2C1=Cc1ccc2c(c1)OCCO2. The first kappa shape index (κ1) is 13.2. The fourth-order valence-electron chi connectivity index (χ4n) is 2.62. The van der Waals surface area contributed by atoms with Crippen LogP contribution in [0.1, 0.15) is 11.1 Å². The molecule has 0 unspecified atom stereocenters. The Morgan fingerprint density at radius 3 is 2.73 bits per heavy atom. The van der Waals surface area contributed by atoms with E-state index in [4.69, 9.17) is 21.1 Å². The highest BCUT2D eigenvalue weighted by molar-refractivity contribution is 6.36. The van der Waals surface area contributed by atoms with Crippen molar-refractivity contribution in [2.75, 3.05) is 18.5 Å². The van der Waals surface area contributed by atoms with Gasteiger partial charge in [-0.25, -0.2) is 0 Å². The number of benzene rings is 2. The average molecular weight is 314 g/mol. The van der Waals surface area contributed by atoms with Crippen LogP contribution in [-0.4, -0.2) is 19.1 Å². The molecule has 0 radical (unpaired) electrons. The summed E-state index contributed by atoms with van der Waals surface area (Å²) < 4.78 is 11.1. The Labute approximate surface area is 132 Å². The van der Waals surface area contributed by atoms with Crippen LogP contribution in [-0.2, 0) is 4.79 Å². The number of halogens is 1. The second kappa shape index (κ2) is 5.07. The number of ether oxygens (including phenoxy) is 2. The molecule has 4 rings (SSSR count). The van der Waals surface area contributed by atoms with Crippen molar-refractivity contribution < 1.29 is 14.3 Å². The predicted octanol–water partition coefficient (Wildman–Crippen LogP) is 3.60. The van der Waals surface area contributed by atoms with Gasteiger partial charge in [0.1, 0.15) is 13.2 Å². The molecule has 4 nitrogen and oxygen atoms in total. The van der Waals surface area contributed by atoms with Crippen molar-refractivity contribution in [1.29, 1.82) is 0 Å². The molecule has 0 aromatic heterocycles. The minimum Gasteiger partial charge on any atom is -0.486 e. The van der Waals surface area contributed by atoms with Gasteiger partial charge < -0.3 is 14.8 Å². The molecule has 1 N–H and O–H groups in total. The molecule has 0 spiro atoms. The summed E-state index contributed by atoms with van der Waals surface area (Å²) in [5, 5.41) is 3.44. The number of amides is 1. The van der Waals surface area contributed by atoms with E-state index in [-0.39, 0.29) is 5.91 Å². The molecular weight excluding hydrogens is 302 g/mol. The molecule has 0 atom stereocenters. The van der Waals surface area contributed by atoms with Crippen LogP contribution in [0.4, 0.5) is 5.69 Å². The quantitative estimate of drug-likeness (QED) is 0.818. The predicted molar refractivity (Wildman–Crippen MR) is 85.4 cm³/mol. The first-order chi connectivity index (χ1) is 10.7. The Balaban J connectivity index is 1.77. The lowest BCUT2D eigenvalue weighted by Gasteiger charge is -2.18. The van der Waals surface area contributed by atoms with Gasteiger partial charge >= 0.3 is 0 Å². The summed E-state index contributed by atoms with van der Waals surface area (Å²) in [5.74, 6) is 1.30. The van der Waals surface area contributed by atoms with E-state index in [2.05, 4.69) is 5.32 Å². The minimum atomic E-state index is -0.132. The number of hydrogen-bond donors (Lipinski definition) is 1. The molecule has 0 bridgehead atoms. The van der Waals surface area contributed by atoms with E-state index in [9.17, 15) is 4.79 Å². The Bertz CT molecular complexity index is 814. The first-order valence-corrected chi connectivity index (χ1v) is 7.31. The molecule has 2 aliphatic heterocycles. The van der Waals surface area contributed by atoms with Crippen LogP contribution < -0.4 is 14.8 Å². The standard InChI is InChI=1S/C17H12ClNO3/c18-11-2-3-14-12(9-11)13(17(20)19-14)7-10-1-4-15-16(8-10)22-6-5-21-15/h1-4,7-9H,5-6H2,(H,19,20). The number of nitrogens with one attached hydrogen (secondary N) is 1. The van der Waals surface area contributed by atoms with Crippen molar-refractivity contribution in [1.82, 2.24) is 0 Å². The third kappa shape index (κ3) is 2.22. The summed E-state index contributed by atoms with van der Waals surface area (Å²) in [7, 11) is 0. The van der Waals surface area contributed by atoms with Gasteiger partial charge in [-0.2, -0.15) is 0 Å². The van der Waals surface area contributed by atoms with Gasteiger partial charge in [0.15, 0.2) is 11.5 Å². The summed E-state index contributed by atoms with van der Waals surface area (Å²) in [6.45, 7) is 1.09. The molecule has 1 amide bonds. The summed E-state index contributed by atoms with van der Waals surface area (Å²) in [5.41, 5.74) is 3.06. The van der Waals surface area contributed by atoms with Crippen molar-refractivity contribution in [3.8, 4) is 11.5 Å². The van der Waals surface area contributed by atoms with Crippen molar-refractivity contribution in [3.05, 3.63) is 52.5 Å². The van der Waals surface area contributed by atoms with E-state index >= 15 is 0 Å². The summed E-state index contributed by atoms with van der Waals surface area (Å²) >= 11 is 6.03. The molecule has 2 heterocycles. The summed E-state index contributed by atoms with van der Waals surface area (Å²) in [6, 6.07) is 11.0. The van der Waals surface area contributed by atoms with Crippen LogP contribution in [0.2, 0.25) is 5.02 Å². The van der Waals surface area contributed by atoms with Gasteiger partial charge in [0.2, 0.25) is 0 Å². The van der Waals surface area contributed by atoms with Crippen LogP contribution >= 0.6 is 11.6 Å². The molecule has 0 saturated carbocycles. The van der Waals surface area contributed by atoms with Crippen molar-refractivity contribution >= 4 is 34.8 Å². The number of fused-ring (bicyclic) bond motifs is 2. The van der Waals surface area contributed by atoms with Gasteiger partial charge in [-0.1, -0.05) is 17.7 Å². The third-order valence-corrected chi connectivity index (χ3v) is 3.88. The van der Waals surface area contributed by atoms with Gasteiger partial charge in [0, 0.05) is 21.8 Å². The maximum absolute atomic E-state index is 12.2. The van der Waals surface area contributed by atoms with Gasteiger partial charge in [0.05, 0.1) is 0 Å². The van der Waals surface area contributed by atoms with Gasteiger partial charge in [-0.05, 0) is 42.0 Å². The van der Waals surface area contributed by atoms with Gasteiger partial charge in [-0.15, -0.1) is 0 Å². The highest BCUT2D eigenvalue weighted by atomic mass is 35.5. The van der Waals surface area contributed by atoms with Crippen molar-refractivity contribution in [2.24, 2.45) is 0 Å². The Morgan fingerprint density at radius 1 is 1.05 bits per heavy atom. The number of anilines is 1. The second-order valence-electron chi connectivity index (χ2n) is 5.11. The molecule has 0 saturated heterocycles. The smallest absolute Gasteiger partial charge is 0.256 e. The van der Waals surface area contributed by atoms with Crippen molar-refractivity contribution in [2.45, 2.75) is 0 Å². The Morgan fingerprint density at radius 2 is 1.86 bits per heavy atom. The highest BCUT2D eigenvalue weighted by Gasteiger charge is 2.24. The average Bonchev–Trinajstić information content (AvgIpc) is 2.83. The zero-order chi connectivity index (χ0) is 15.1. The molecule has 5 heteroatoms. The Hall–Kier alpha value is -2.46. The van der Waals surface area contributed by atoms with Crippen LogP contribution in [0.25, 0.3) is 11.6 Å². The molecule has 0 fully saturated rings. The number of carbonyl (C=O) groups excluding carboxylic acids is 1. The van der Waals surface area contributed by atoms with Crippen LogP contribution in [0.3, 0.4) is 0 Å². The molecular formula is C17H12ClNO3. The molecule has 2 aromatic rings. The topological polar surface area (TPSA) is 47.6 Å². The second-order valence-corrected chi connectivity index (χ2v) is 5.54. The van der Waals surface area contributed by atoms with E-state index in [1.807, 2.05) is 24.3 Å². The fraction of sp³-hybridized carbons (Fsp3) is 0.118. The van der Waals surface area contributed by atoms with E-state index in [1.165, 1.54) is 0 Å². The fourth-order valence-corrected chi connectivity index (χ4v) is 2.79. The zero-order valence-corrected chi connectivity index (χ0v) is 12.3. The maximum atomic E-state index is 12.2. The minimum absolute atomic E-state index is 0.132. The van der Waals surface area contributed by atoms with Crippen LogP contribution in [0.15, 0.2) is 36.4 Å². The summed E-state index contributed by atoms with van der Waals surface area (Å²) in [6.07, 6.45) is 1.83. The molecule has 22 heavy (non-hydrogen) atoms. The van der Waals surface area contributed by atoms with Crippen LogP contribution in [0.5, 0.6) is 11.5 Å². The maximum Gasteiger partial charge on any atom is 0.256 e. The molecule has 2 aromatic carbocycles. The first-order valence-electron chi connectivity index (χ1n) is 6.93. The van der Waals surface area contributed by atoms with E-state index in [0.717, 1.165) is 22.6 Å². The molecule has 2 aliphatic rings. The zero-order valence-electron chi connectivity index (χ0n) is 11.6. The van der Waals surface area contributed by atoms with Gasteiger partial charge in [-0.3, -0.25) is 4.79 Å². The van der Waals surface area contributed by atoms with E-state index in [1.54, 1.807) is 18.2 Å². The largest absolute Gasteiger partial charge is 0.486 e. The lowest BCUT2D eigenvalue weighted by molar-refractivity contribution is -0.110. The van der Waals surface area contributed by atoms with Crippen LogP contribution in [0, 0.1) is 0 Å². The Kier molecular flexibility index (Phi) is 3.05. The lowest BCUT2D eigenvalue weighted by Crippen LogP contribution is -2.15. The molecule has 110 valence electrons. The van der Waals surface area contributed by atoms with E-state index in [0.29, 0.717) is 29.6 Å².